The highest BCUT2D eigenvalue weighted by Gasteiger charge is 2.23. The molecule has 0 saturated carbocycles. The molecule has 1 atom stereocenters. The number of nitrogens with one attached hydrogen (secondary N) is 2. The third-order valence-corrected chi connectivity index (χ3v) is 5.66. The molecule has 0 bridgehead atoms. The van der Waals surface area contributed by atoms with Gasteiger partial charge in [0.05, 0.1) is 17.5 Å². The number of ether oxygens (including phenoxy) is 1. The Kier molecular flexibility index (Phi) is 6.62. The third-order valence-electron chi connectivity index (χ3n) is 4.12. The van der Waals surface area contributed by atoms with Crippen molar-refractivity contribution >= 4 is 21.6 Å². The van der Waals surface area contributed by atoms with E-state index in [0.717, 1.165) is 11.1 Å². The van der Waals surface area contributed by atoms with E-state index in [4.69, 9.17) is 4.74 Å². The van der Waals surface area contributed by atoms with Crippen molar-refractivity contribution < 1.29 is 17.9 Å². The molecule has 146 valence electrons. The fourth-order valence-electron chi connectivity index (χ4n) is 2.66. The van der Waals surface area contributed by atoms with Crippen molar-refractivity contribution in [2.75, 3.05) is 11.9 Å². The molecule has 27 heavy (non-hydrogen) atoms. The van der Waals surface area contributed by atoms with Crippen molar-refractivity contribution in [2.24, 2.45) is 0 Å². The topological polar surface area (TPSA) is 84.5 Å². The van der Waals surface area contributed by atoms with Crippen LogP contribution < -0.4 is 14.8 Å². The van der Waals surface area contributed by atoms with Gasteiger partial charge < -0.3 is 10.1 Å². The normalized spacial score (nSPS) is 12.5. The lowest BCUT2D eigenvalue weighted by Gasteiger charge is -2.16. The Hall–Kier alpha value is -2.38. The number of carbonyl (C=O) groups is 1. The highest BCUT2D eigenvalue weighted by Crippen LogP contribution is 2.22. The summed E-state index contributed by atoms with van der Waals surface area (Å²) in [6, 6.07) is 9.33. The highest BCUT2D eigenvalue weighted by atomic mass is 32.2. The first-order valence-electron chi connectivity index (χ1n) is 8.78. The van der Waals surface area contributed by atoms with Gasteiger partial charge in [0, 0.05) is 5.69 Å². The minimum atomic E-state index is -3.83. The molecule has 0 aromatic heterocycles. The van der Waals surface area contributed by atoms with Gasteiger partial charge in [-0.1, -0.05) is 17.7 Å². The molecule has 1 amide bonds. The predicted molar refractivity (Wildman–Crippen MR) is 107 cm³/mol. The number of carbonyl (C=O) groups excluding carboxylic acids is 1. The van der Waals surface area contributed by atoms with Crippen molar-refractivity contribution in [3.63, 3.8) is 0 Å². The summed E-state index contributed by atoms with van der Waals surface area (Å²) in [7, 11) is -3.83. The Morgan fingerprint density at radius 1 is 1.07 bits per heavy atom. The fourth-order valence-corrected chi connectivity index (χ4v) is 3.94. The molecule has 0 aliphatic carbocycles. The molecule has 0 radical (unpaired) electrons. The second kappa shape index (κ2) is 8.54. The van der Waals surface area contributed by atoms with E-state index in [1.54, 1.807) is 19.1 Å². The number of hydrogen-bond acceptors (Lipinski definition) is 4. The van der Waals surface area contributed by atoms with Crippen LogP contribution in [0.2, 0.25) is 0 Å². The summed E-state index contributed by atoms with van der Waals surface area (Å²) in [6.45, 7) is 9.51. The molecule has 2 rings (SSSR count). The smallest absolute Gasteiger partial charge is 0.242 e. The summed E-state index contributed by atoms with van der Waals surface area (Å²) in [5, 5.41) is 2.76. The van der Waals surface area contributed by atoms with E-state index >= 15 is 0 Å². The van der Waals surface area contributed by atoms with Crippen LogP contribution in [0.15, 0.2) is 41.3 Å². The molecule has 6 nitrogen and oxygen atoms in total. The number of anilines is 1. The second-order valence-electron chi connectivity index (χ2n) is 6.51. The quantitative estimate of drug-likeness (QED) is 0.760. The number of hydrogen-bond donors (Lipinski definition) is 2. The Balaban J connectivity index is 2.12. The van der Waals surface area contributed by atoms with Gasteiger partial charge in [0.2, 0.25) is 15.9 Å². The van der Waals surface area contributed by atoms with Crippen LogP contribution in [0.1, 0.15) is 30.5 Å². The van der Waals surface area contributed by atoms with Crippen molar-refractivity contribution in [3.8, 4) is 5.75 Å². The molecule has 2 aromatic rings. The van der Waals surface area contributed by atoms with Crippen LogP contribution >= 0.6 is 0 Å². The average molecular weight is 391 g/mol. The number of rotatable bonds is 7. The standard InChI is InChI=1S/C20H26N2O4S/c1-6-26-19-10-8-17(12-15(19)4)27(24,25)22-16(5)20(23)21-18-9-7-13(2)11-14(18)3/h7-12,16,22H,6H2,1-5H3,(H,21,23)/t16-/m1/s1. The van der Waals surface area contributed by atoms with Crippen LogP contribution in [0.3, 0.4) is 0 Å². The van der Waals surface area contributed by atoms with Crippen LogP contribution in [-0.4, -0.2) is 27.0 Å². The summed E-state index contributed by atoms with van der Waals surface area (Å²) in [5.74, 6) is 0.213. The maximum Gasteiger partial charge on any atom is 0.242 e. The second-order valence-corrected chi connectivity index (χ2v) is 8.22. The van der Waals surface area contributed by atoms with Crippen molar-refractivity contribution in [2.45, 2.75) is 45.6 Å². The zero-order valence-corrected chi connectivity index (χ0v) is 17.1. The summed E-state index contributed by atoms with van der Waals surface area (Å²) in [6.07, 6.45) is 0. The summed E-state index contributed by atoms with van der Waals surface area (Å²) >= 11 is 0. The van der Waals surface area contributed by atoms with Crippen molar-refractivity contribution in [1.29, 1.82) is 0 Å². The maximum absolute atomic E-state index is 12.6. The average Bonchev–Trinajstić information content (AvgIpc) is 2.58. The van der Waals surface area contributed by atoms with E-state index in [-0.39, 0.29) is 4.90 Å². The third kappa shape index (κ3) is 5.30. The molecule has 0 aliphatic rings. The van der Waals surface area contributed by atoms with Crippen LogP contribution in [0.5, 0.6) is 5.75 Å². The maximum atomic E-state index is 12.6. The number of benzene rings is 2. The number of amides is 1. The first kappa shape index (κ1) is 20.9. The molecule has 0 fully saturated rings. The number of aryl methyl sites for hydroxylation is 3. The van der Waals surface area contributed by atoms with Gasteiger partial charge >= 0.3 is 0 Å². The summed E-state index contributed by atoms with van der Waals surface area (Å²) < 4.78 is 33.1. The van der Waals surface area contributed by atoms with Gasteiger partial charge in [-0.15, -0.1) is 0 Å². The predicted octanol–water partition coefficient (Wildman–Crippen LogP) is 3.32. The van der Waals surface area contributed by atoms with Crippen LogP contribution in [0.4, 0.5) is 5.69 Å². The van der Waals surface area contributed by atoms with E-state index in [2.05, 4.69) is 10.0 Å². The molecule has 2 N–H and O–H groups in total. The number of sulfonamides is 1. The largest absolute Gasteiger partial charge is 0.494 e. The van der Waals surface area contributed by atoms with E-state index in [1.807, 2.05) is 32.9 Å². The first-order chi connectivity index (χ1) is 12.6. The molecule has 0 spiro atoms. The zero-order valence-electron chi connectivity index (χ0n) is 16.3. The Morgan fingerprint density at radius 2 is 1.78 bits per heavy atom. The fraction of sp³-hybridized carbons (Fsp3) is 0.350. The zero-order chi connectivity index (χ0) is 20.2. The van der Waals surface area contributed by atoms with Gasteiger partial charge in [0.15, 0.2) is 0 Å². The molecule has 0 aliphatic heterocycles. The molecular weight excluding hydrogens is 364 g/mol. The van der Waals surface area contributed by atoms with Gasteiger partial charge in [-0.05, 0) is 70.0 Å². The SMILES string of the molecule is CCOc1ccc(S(=O)(=O)N[C@H](C)C(=O)Nc2ccc(C)cc2C)cc1C. The molecular formula is C20H26N2O4S. The lowest BCUT2D eigenvalue weighted by molar-refractivity contribution is -0.117. The van der Waals surface area contributed by atoms with Crippen molar-refractivity contribution in [3.05, 3.63) is 53.1 Å². The lowest BCUT2D eigenvalue weighted by Crippen LogP contribution is -2.41. The molecule has 2 aromatic carbocycles. The van der Waals surface area contributed by atoms with E-state index in [0.29, 0.717) is 23.6 Å². The van der Waals surface area contributed by atoms with Crippen LogP contribution in [-0.2, 0) is 14.8 Å². The Morgan fingerprint density at radius 3 is 2.37 bits per heavy atom. The van der Waals surface area contributed by atoms with Gasteiger partial charge in [0.25, 0.3) is 0 Å². The van der Waals surface area contributed by atoms with Crippen LogP contribution in [0, 0.1) is 20.8 Å². The molecule has 0 unspecified atom stereocenters. The van der Waals surface area contributed by atoms with E-state index < -0.39 is 22.0 Å². The highest BCUT2D eigenvalue weighted by molar-refractivity contribution is 7.89. The minimum absolute atomic E-state index is 0.0922. The van der Waals surface area contributed by atoms with E-state index in [9.17, 15) is 13.2 Å². The van der Waals surface area contributed by atoms with Gasteiger partial charge in [0.1, 0.15) is 5.75 Å². The molecule has 0 heterocycles. The Bertz CT molecular complexity index is 939. The Labute approximate surface area is 161 Å². The van der Waals surface area contributed by atoms with Crippen molar-refractivity contribution in [1.82, 2.24) is 4.72 Å². The summed E-state index contributed by atoms with van der Waals surface area (Å²) in [5.41, 5.74) is 3.38. The van der Waals surface area contributed by atoms with Crippen LogP contribution in [0.25, 0.3) is 0 Å². The molecule has 0 saturated heterocycles. The monoisotopic (exact) mass is 390 g/mol. The van der Waals surface area contributed by atoms with Gasteiger partial charge in [-0.2, -0.15) is 4.72 Å². The first-order valence-corrected chi connectivity index (χ1v) is 10.3. The summed E-state index contributed by atoms with van der Waals surface area (Å²) in [4.78, 5) is 12.5. The van der Waals surface area contributed by atoms with Gasteiger partial charge in [-0.25, -0.2) is 8.42 Å². The lowest BCUT2D eigenvalue weighted by atomic mass is 10.1. The molecule has 7 heteroatoms. The minimum Gasteiger partial charge on any atom is -0.494 e. The van der Waals surface area contributed by atoms with E-state index in [1.165, 1.54) is 19.1 Å². The van der Waals surface area contributed by atoms with Gasteiger partial charge in [-0.3, -0.25) is 4.79 Å².